The van der Waals surface area contributed by atoms with Crippen LogP contribution in [0.3, 0.4) is 0 Å². The summed E-state index contributed by atoms with van der Waals surface area (Å²) in [5, 5.41) is 2.26. The molecule has 4 nitrogen and oxygen atoms in total. The predicted molar refractivity (Wildman–Crippen MR) is 80.4 cm³/mol. The Balaban J connectivity index is 1.81. The number of carbonyl (C=O) groups excluding carboxylic acids is 2. The number of alkyl carbamates (subject to hydrolysis) is 1. The van der Waals surface area contributed by atoms with Crippen molar-refractivity contribution in [2.45, 2.75) is 12.8 Å². The molecule has 0 bridgehead atoms. The smallest absolute Gasteiger partial charge is 0.416 e. The van der Waals surface area contributed by atoms with Crippen molar-refractivity contribution in [2.24, 2.45) is 0 Å². The minimum Gasteiger partial charge on any atom is -0.445 e. The fraction of sp³-hybridized carbons (Fsp3) is 0.176. The fourth-order valence-corrected chi connectivity index (χ4v) is 1.87. The van der Waals surface area contributed by atoms with Crippen molar-refractivity contribution in [3.63, 3.8) is 0 Å². The summed E-state index contributed by atoms with van der Waals surface area (Å²) in [7, 11) is 0. The normalized spacial score (nSPS) is 11.0. The van der Waals surface area contributed by atoms with E-state index in [1.807, 2.05) is 6.07 Å². The first-order chi connectivity index (χ1) is 11.4. The molecule has 1 amide bonds. The molecule has 2 aromatic carbocycles. The van der Waals surface area contributed by atoms with Crippen LogP contribution in [-0.4, -0.2) is 18.4 Å². The Morgan fingerprint density at radius 3 is 2.17 bits per heavy atom. The van der Waals surface area contributed by atoms with Crippen LogP contribution in [0.25, 0.3) is 0 Å². The average Bonchev–Trinajstić information content (AvgIpc) is 2.58. The standard InChI is InChI=1S/C17H14F3NO3/c18-17(19,20)14-8-6-13(7-9-14)15(22)10-21-16(23)24-11-12-4-2-1-3-5-12/h1-9H,10-11H2,(H,21,23). The van der Waals surface area contributed by atoms with Crippen LogP contribution in [0.15, 0.2) is 54.6 Å². The van der Waals surface area contributed by atoms with E-state index in [0.29, 0.717) is 0 Å². The molecular formula is C17H14F3NO3. The van der Waals surface area contributed by atoms with Gasteiger partial charge in [-0.15, -0.1) is 0 Å². The lowest BCUT2D eigenvalue weighted by molar-refractivity contribution is -0.137. The SMILES string of the molecule is O=C(NCC(=O)c1ccc(C(F)(F)F)cc1)OCc1ccccc1. The summed E-state index contributed by atoms with van der Waals surface area (Å²) >= 11 is 0. The first kappa shape index (κ1) is 17.5. The van der Waals surface area contributed by atoms with Crippen molar-refractivity contribution in [1.29, 1.82) is 0 Å². The van der Waals surface area contributed by atoms with Crippen LogP contribution in [0, 0.1) is 0 Å². The third-order valence-corrected chi connectivity index (χ3v) is 3.14. The third kappa shape index (κ3) is 5.12. The van der Waals surface area contributed by atoms with E-state index in [9.17, 15) is 22.8 Å². The first-order valence-electron chi connectivity index (χ1n) is 7.01. The highest BCUT2D eigenvalue weighted by atomic mass is 19.4. The molecule has 24 heavy (non-hydrogen) atoms. The topological polar surface area (TPSA) is 55.4 Å². The summed E-state index contributed by atoms with van der Waals surface area (Å²) in [6, 6.07) is 12.8. The van der Waals surface area contributed by atoms with Gasteiger partial charge in [-0.1, -0.05) is 42.5 Å². The number of amides is 1. The second-order valence-electron chi connectivity index (χ2n) is 4.91. The van der Waals surface area contributed by atoms with Crippen molar-refractivity contribution >= 4 is 11.9 Å². The van der Waals surface area contributed by atoms with Crippen LogP contribution < -0.4 is 5.32 Å². The predicted octanol–water partition coefficient (Wildman–Crippen LogP) is 3.81. The van der Waals surface area contributed by atoms with Gasteiger partial charge in [-0.05, 0) is 17.7 Å². The van der Waals surface area contributed by atoms with E-state index in [1.54, 1.807) is 24.3 Å². The summed E-state index contributed by atoms with van der Waals surface area (Å²) in [4.78, 5) is 23.3. The number of hydrogen-bond donors (Lipinski definition) is 1. The lowest BCUT2D eigenvalue weighted by atomic mass is 10.1. The molecule has 0 unspecified atom stereocenters. The minimum atomic E-state index is -4.46. The molecule has 0 radical (unpaired) electrons. The Bertz CT molecular complexity index is 697. The second kappa shape index (κ2) is 7.63. The molecule has 2 rings (SSSR count). The molecule has 1 N–H and O–H groups in total. The molecule has 0 aliphatic rings. The number of nitrogens with one attached hydrogen (secondary N) is 1. The summed E-state index contributed by atoms with van der Waals surface area (Å²) in [5.74, 6) is -0.514. The van der Waals surface area contributed by atoms with Gasteiger partial charge in [-0.25, -0.2) is 4.79 Å². The third-order valence-electron chi connectivity index (χ3n) is 3.14. The number of hydrogen-bond acceptors (Lipinski definition) is 3. The molecule has 0 aliphatic carbocycles. The van der Waals surface area contributed by atoms with E-state index in [-0.39, 0.29) is 18.7 Å². The number of halogens is 3. The number of alkyl halides is 3. The Labute approximate surface area is 136 Å². The summed E-state index contributed by atoms with van der Waals surface area (Å²) in [5.41, 5.74) is 0.0300. The van der Waals surface area contributed by atoms with Crippen LogP contribution >= 0.6 is 0 Å². The van der Waals surface area contributed by atoms with Gasteiger partial charge in [0.05, 0.1) is 12.1 Å². The zero-order valence-corrected chi connectivity index (χ0v) is 12.5. The number of ketones is 1. The van der Waals surface area contributed by atoms with Gasteiger partial charge in [-0.2, -0.15) is 13.2 Å². The van der Waals surface area contributed by atoms with Crippen molar-refractivity contribution in [2.75, 3.05) is 6.54 Å². The van der Waals surface area contributed by atoms with E-state index >= 15 is 0 Å². The molecule has 0 spiro atoms. The number of rotatable bonds is 5. The van der Waals surface area contributed by atoms with Gasteiger partial charge in [0.1, 0.15) is 6.61 Å². The van der Waals surface area contributed by atoms with E-state index in [2.05, 4.69) is 5.32 Å². The zero-order chi connectivity index (χ0) is 17.6. The van der Waals surface area contributed by atoms with Crippen LogP contribution in [0.4, 0.5) is 18.0 Å². The Hall–Kier alpha value is -2.83. The molecule has 2 aromatic rings. The largest absolute Gasteiger partial charge is 0.445 e. The van der Waals surface area contributed by atoms with E-state index in [4.69, 9.17) is 4.74 Å². The van der Waals surface area contributed by atoms with Crippen LogP contribution in [-0.2, 0) is 17.5 Å². The summed E-state index contributed by atoms with van der Waals surface area (Å²) in [6.45, 7) is -0.305. The molecule has 0 fully saturated rings. The van der Waals surface area contributed by atoms with Gasteiger partial charge in [0.2, 0.25) is 0 Å². The lowest BCUT2D eigenvalue weighted by Crippen LogP contribution is -2.30. The quantitative estimate of drug-likeness (QED) is 0.844. The Kier molecular flexibility index (Phi) is 5.57. The lowest BCUT2D eigenvalue weighted by Gasteiger charge is -2.08. The number of ether oxygens (including phenoxy) is 1. The average molecular weight is 337 g/mol. The zero-order valence-electron chi connectivity index (χ0n) is 12.5. The van der Waals surface area contributed by atoms with Gasteiger partial charge in [-0.3, -0.25) is 4.79 Å². The second-order valence-corrected chi connectivity index (χ2v) is 4.91. The Morgan fingerprint density at radius 1 is 0.958 bits per heavy atom. The van der Waals surface area contributed by atoms with Crippen LogP contribution in [0.5, 0.6) is 0 Å². The molecule has 7 heteroatoms. The van der Waals surface area contributed by atoms with Gasteiger partial charge in [0.15, 0.2) is 5.78 Å². The fourth-order valence-electron chi connectivity index (χ4n) is 1.87. The minimum absolute atomic E-state index is 0.0567. The maximum Gasteiger partial charge on any atom is 0.416 e. The molecule has 0 aliphatic heterocycles. The maximum atomic E-state index is 12.4. The first-order valence-corrected chi connectivity index (χ1v) is 7.01. The maximum absolute atomic E-state index is 12.4. The van der Waals surface area contributed by atoms with Gasteiger partial charge >= 0.3 is 12.3 Å². The highest BCUT2D eigenvalue weighted by molar-refractivity contribution is 5.98. The number of Topliss-reactive ketones (excluding diaryl/α,β-unsaturated/α-hetero) is 1. The van der Waals surface area contributed by atoms with Gasteiger partial charge in [0, 0.05) is 5.56 Å². The van der Waals surface area contributed by atoms with Crippen molar-refractivity contribution in [1.82, 2.24) is 5.32 Å². The molecular weight excluding hydrogens is 323 g/mol. The van der Waals surface area contributed by atoms with Gasteiger partial charge < -0.3 is 10.1 Å². The van der Waals surface area contributed by atoms with Crippen molar-refractivity contribution < 1.29 is 27.5 Å². The van der Waals surface area contributed by atoms with Crippen LogP contribution in [0.2, 0.25) is 0 Å². The van der Waals surface area contributed by atoms with E-state index < -0.39 is 23.6 Å². The van der Waals surface area contributed by atoms with Crippen molar-refractivity contribution in [3.05, 3.63) is 71.3 Å². The molecule has 0 atom stereocenters. The summed E-state index contributed by atoms with van der Waals surface area (Å²) in [6.07, 6.45) is -5.24. The summed E-state index contributed by atoms with van der Waals surface area (Å²) < 4.78 is 42.2. The van der Waals surface area contributed by atoms with Gasteiger partial charge in [0.25, 0.3) is 0 Å². The number of benzene rings is 2. The molecule has 0 saturated carbocycles. The Morgan fingerprint density at radius 2 is 1.58 bits per heavy atom. The highest BCUT2D eigenvalue weighted by Crippen LogP contribution is 2.29. The molecule has 0 heterocycles. The molecule has 126 valence electrons. The van der Waals surface area contributed by atoms with E-state index in [1.165, 1.54) is 0 Å². The molecule has 0 aromatic heterocycles. The monoisotopic (exact) mass is 337 g/mol. The number of carbonyl (C=O) groups is 2. The molecule has 0 saturated heterocycles. The van der Waals surface area contributed by atoms with Crippen LogP contribution in [0.1, 0.15) is 21.5 Å². The highest BCUT2D eigenvalue weighted by Gasteiger charge is 2.30. The van der Waals surface area contributed by atoms with E-state index in [0.717, 1.165) is 29.8 Å². The van der Waals surface area contributed by atoms with Crippen molar-refractivity contribution in [3.8, 4) is 0 Å².